The van der Waals surface area contributed by atoms with Crippen molar-refractivity contribution in [1.82, 2.24) is 9.97 Å². The molecule has 0 spiro atoms. The topological polar surface area (TPSA) is 25.8 Å². The first-order valence-corrected chi connectivity index (χ1v) is 6.83. The summed E-state index contributed by atoms with van der Waals surface area (Å²) in [5.41, 5.74) is 2.30. The van der Waals surface area contributed by atoms with Crippen LogP contribution < -0.4 is 0 Å². The van der Waals surface area contributed by atoms with Crippen molar-refractivity contribution in [1.29, 1.82) is 0 Å². The average molecular weight is 265 g/mol. The first-order chi connectivity index (χ1) is 8.31. The van der Waals surface area contributed by atoms with E-state index in [-0.39, 0.29) is 0 Å². The predicted molar refractivity (Wildman–Crippen MR) is 72.4 cm³/mol. The molecule has 0 atom stereocenters. The molecule has 0 N–H and O–H groups in total. The number of benzene rings is 1. The highest BCUT2D eigenvalue weighted by atomic mass is 35.5. The minimum absolute atomic E-state index is 0.554. The maximum atomic E-state index is 6.10. The summed E-state index contributed by atoms with van der Waals surface area (Å²) in [6.45, 7) is 2.07. The zero-order valence-corrected chi connectivity index (χ0v) is 11.1. The third-order valence-corrected chi connectivity index (χ3v) is 3.99. The Morgan fingerprint density at radius 2 is 1.94 bits per heavy atom. The lowest BCUT2D eigenvalue weighted by molar-refractivity contribution is 0.939. The lowest BCUT2D eigenvalue weighted by atomic mass is 10.2. The van der Waals surface area contributed by atoms with Gasteiger partial charge in [0.25, 0.3) is 0 Å². The van der Waals surface area contributed by atoms with E-state index in [1.54, 1.807) is 11.8 Å². The Labute approximate surface area is 110 Å². The van der Waals surface area contributed by atoms with Crippen molar-refractivity contribution in [3.05, 3.63) is 53.1 Å². The highest BCUT2D eigenvalue weighted by molar-refractivity contribution is 7.98. The van der Waals surface area contributed by atoms with Crippen molar-refractivity contribution in [3.63, 3.8) is 0 Å². The Balaban J connectivity index is 2.14. The minimum atomic E-state index is 0.554. The maximum Gasteiger partial charge on any atom is 0.146 e. The van der Waals surface area contributed by atoms with Gasteiger partial charge < -0.3 is 0 Å². The fraction of sp³-hybridized carbons (Fsp3) is 0.231. The number of thioether (sulfide) groups is 1. The third-order valence-electron chi connectivity index (χ3n) is 2.40. The van der Waals surface area contributed by atoms with E-state index in [0.717, 1.165) is 22.8 Å². The standard InChI is InChI=1S/C13H13ClN2S/c1-2-11-12(13(14)16-9-15-11)17-8-10-6-4-3-5-7-10/h3-7,9H,2,8H2,1H3. The molecular formula is C13H13ClN2S. The van der Waals surface area contributed by atoms with Crippen LogP contribution in [0, 0.1) is 0 Å². The molecule has 1 aromatic carbocycles. The van der Waals surface area contributed by atoms with Gasteiger partial charge in [0, 0.05) is 5.75 Å². The Kier molecular flexibility index (Phi) is 4.40. The molecule has 0 saturated carbocycles. The van der Waals surface area contributed by atoms with Crippen LogP contribution in [0.1, 0.15) is 18.2 Å². The molecule has 0 amide bonds. The lowest BCUT2D eigenvalue weighted by Gasteiger charge is -2.07. The maximum absolute atomic E-state index is 6.10. The van der Waals surface area contributed by atoms with Crippen LogP contribution in [0.15, 0.2) is 41.6 Å². The highest BCUT2D eigenvalue weighted by Gasteiger charge is 2.09. The smallest absolute Gasteiger partial charge is 0.146 e. The molecule has 2 rings (SSSR count). The summed E-state index contributed by atoms with van der Waals surface area (Å²) in [6, 6.07) is 10.3. The number of hydrogen-bond acceptors (Lipinski definition) is 3. The molecule has 4 heteroatoms. The molecule has 17 heavy (non-hydrogen) atoms. The van der Waals surface area contributed by atoms with Crippen LogP contribution in [0.25, 0.3) is 0 Å². The van der Waals surface area contributed by atoms with Crippen LogP contribution in [0.2, 0.25) is 5.15 Å². The van der Waals surface area contributed by atoms with Crippen molar-refractivity contribution in [2.45, 2.75) is 24.0 Å². The van der Waals surface area contributed by atoms with Gasteiger partial charge in [-0.25, -0.2) is 9.97 Å². The largest absolute Gasteiger partial charge is 0.240 e. The van der Waals surface area contributed by atoms with Gasteiger partial charge in [0.1, 0.15) is 11.5 Å². The lowest BCUT2D eigenvalue weighted by Crippen LogP contribution is -1.94. The normalized spacial score (nSPS) is 10.5. The van der Waals surface area contributed by atoms with Crippen LogP contribution in [-0.4, -0.2) is 9.97 Å². The van der Waals surface area contributed by atoms with Gasteiger partial charge in [-0.15, -0.1) is 11.8 Å². The fourth-order valence-electron chi connectivity index (χ4n) is 1.51. The van der Waals surface area contributed by atoms with Gasteiger partial charge in [0.2, 0.25) is 0 Å². The first-order valence-electron chi connectivity index (χ1n) is 5.47. The Morgan fingerprint density at radius 1 is 1.18 bits per heavy atom. The van der Waals surface area contributed by atoms with Crippen LogP contribution >= 0.6 is 23.4 Å². The minimum Gasteiger partial charge on any atom is -0.240 e. The van der Waals surface area contributed by atoms with Crippen molar-refractivity contribution in [3.8, 4) is 0 Å². The highest BCUT2D eigenvalue weighted by Crippen LogP contribution is 2.30. The van der Waals surface area contributed by atoms with Crippen molar-refractivity contribution in [2.75, 3.05) is 0 Å². The Morgan fingerprint density at radius 3 is 2.65 bits per heavy atom. The number of rotatable bonds is 4. The van der Waals surface area contributed by atoms with Gasteiger partial charge in [-0.05, 0) is 12.0 Å². The summed E-state index contributed by atoms with van der Waals surface area (Å²) < 4.78 is 0. The Hall–Kier alpha value is -1.06. The van der Waals surface area contributed by atoms with Gasteiger partial charge in [-0.2, -0.15) is 0 Å². The SMILES string of the molecule is CCc1ncnc(Cl)c1SCc1ccccc1. The summed E-state index contributed by atoms with van der Waals surface area (Å²) in [5, 5.41) is 0.554. The zero-order chi connectivity index (χ0) is 12.1. The van der Waals surface area contributed by atoms with Crippen LogP contribution in [-0.2, 0) is 12.2 Å². The van der Waals surface area contributed by atoms with E-state index in [1.165, 1.54) is 11.9 Å². The second kappa shape index (κ2) is 6.03. The van der Waals surface area contributed by atoms with Crippen molar-refractivity contribution >= 4 is 23.4 Å². The second-order valence-corrected chi connectivity index (χ2v) is 4.91. The van der Waals surface area contributed by atoms with Crippen molar-refractivity contribution < 1.29 is 0 Å². The molecule has 0 fully saturated rings. The first kappa shape index (κ1) is 12.4. The van der Waals surface area contributed by atoms with Crippen LogP contribution in [0.3, 0.4) is 0 Å². The fourth-order valence-corrected chi connectivity index (χ4v) is 2.87. The molecular weight excluding hydrogens is 252 g/mol. The summed E-state index contributed by atoms with van der Waals surface area (Å²) in [7, 11) is 0. The van der Waals surface area contributed by atoms with E-state index in [2.05, 4.69) is 29.0 Å². The number of aryl methyl sites for hydroxylation is 1. The van der Waals surface area contributed by atoms with Gasteiger partial charge >= 0.3 is 0 Å². The summed E-state index contributed by atoms with van der Waals surface area (Å²) >= 11 is 7.80. The molecule has 0 radical (unpaired) electrons. The number of hydrogen-bond donors (Lipinski definition) is 0. The molecule has 1 aromatic heterocycles. The van der Waals surface area contributed by atoms with E-state index >= 15 is 0 Å². The number of halogens is 1. The van der Waals surface area contributed by atoms with E-state index in [9.17, 15) is 0 Å². The quantitative estimate of drug-likeness (QED) is 0.617. The molecule has 2 aromatic rings. The molecule has 1 heterocycles. The van der Waals surface area contributed by atoms with E-state index in [0.29, 0.717) is 5.15 Å². The summed E-state index contributed by atoms with van der Waals surface area (Å²) in [5.74, 6) is 0.890. The summed E-state index contributed by atoms with van der Waals surface area (Å²) in [4.78, 5) is 9.29. The molecule has 0 aliphatic carbocycles. The molecule has 0 unspecified atom stereocenters. The second-order valence-electron chi connectivity index (χ2n) is 3.57. The van der Waals surface area contributed by atoms with E-state index in [4.69, 9.17) is 11.6 Å². The molecule has 0 saturated heterocycles. The molecule has 0 aliphatic heterocycles. The molecule has 2 nitrogen and oxygen atoms in total. The average Bonchev–Trinajstić information content (AvgIpc) is 2.38. The zero-order valence-electron chi connectivity index (χ0n) is 9.56. The van der Waals surface area contributed by atoms with E-state index < -0.39 is 0 Å². The van der Waals surface area contributed by atoms with Crippen LogP contribution in [0.4, 0.5) is 0 Å². The van der Waals surface area contributed by atoms with Gasteiger partial charge in [-0.1, -0.05) is 48.9 Å². The Bertz CT molecular complexity index is 488. The van der Waals surface area contributed by atoms with Crippen LogP contribution in [0.5, 0.6) is 0 Å². The molecule has 88 valence electrons. The van der Waals surface area contributed by atoms with Crippen molar-refractivity contribution in [2.24, 2.45) is 0 Å². The monoisotopic (exact) mass is 264 g/mol. The number of aromatic nitrogens is 2. The predicted octanol–water partition coefficient (Wildman–Crippen LogP) is 3.98. The van der Waals surface area contributed by atoms with Gasteiger partial charge in [-0.3, -0.25) is 0 Å². The van der Waals surface area contributed by atoms with Gasteiger partial charge in [0.05, 0.1) is 10.6 Å². The van der Waals surface area contributed by atoms with Gasteiger partial charge in [0.15, 0.2) is 0 Å². The van der Waals surface area contributed by atoms with E-state index in [1.807, 2.05) is 18.2 Å². The third kappa shape index (κ3) is 3.20. The number of nitrogens with zero attached hydrogens (tertiary/aromatic N) is 2. The molecule has 0 bridgehead atoms. The summed E-state index contributed by atoms with van der Waals surface area (Å²) in [6.07, 6.45) is 2.40. The molecule has 0 aliphatic rings.